The van der Waals surface area contributed by atoms with Gasteiger partial charge in [-0.3, -0.25) is 4.79 Å². The van der Waals surface area contributed by atoms with Crippen molar-refractivity contribution >= 4 is 13.7 Å². The number of likely N-dealkylation sites (N-methyl/N-ethyl adjacent to an activating group) is 1. The highest BCUT2D eigenvalue weighted by molar-refractivity contribution is 7.70. The summed E-state index contributed by atoms with van der Waals surface area (Å²) < 4.78 is 0.606. The maximum Gasteiger partial charge on any atom is 0.235 e. The fraction of sp³-hybridized carbons (Fsp3) is 0.952. The first-order chi connectivity index (χ1) is 11.8. The lowest BCUT2D eigenvalue weighted by Crippen LogP contribution is -2.39. The molecule has 3 nitrogen and oxygen atoms in total. The molecular formula is C21H45NO2P+. The topological polar surface area (TPSA) is 37.3 Å². The van der Waals surface area contributed by atoms with Gasteiger partial charge in [-0.15, -0.1) is 0 Å². The van der Waals surface area contributed by atoms with E-state index in [2.05, 4.69) is 13.8 Å². The maximum absolute atomic E-state index is 12.3. The van der Waals surface area contributed by atoms with E-state index in [1.54, 1.807) is 0 Å². The van der Waals surface area contributed by atoms with Crippen LogP contribution in [0.25, 0.3) is 0 Å². The number of hydrogen-bond acceptors (Lipinski definition) is 2. The van der Waals surface area contributed by atoms with Crippen molar-refractivity contribution in [2.45, 2.75) is 103 Å². The van der Waals surface area contributed by atoms with E-state index in [1.807, 2.05) is 21.1 Å². The molecular weight excluding hydrogens is 329 g/mol. The molecule has 0 spiro atoms. The van der Waals surface area contributed by atoms with Crippen molar-refractivity contribution < 1.29 is 14.2 Å². The lowest BCUT2D eigenvalue weighted by molar-refractivity contribution is -0.861. The van der Waals surface area contributed by atoms with Crippen LogP contribution in [-0.4, -0.2) is 48.2 Å². The third-order valence-electron chi connectivity index (χ3n) is 4.72. The summed E-state index contributed by atoms with van der Waals surface area (Å²) in [5.41, 5.74) is 0.293. The molecule has 150 valence electrons. The van der Waals surface area contributed by atoms with Gasteiger partial charge in [-0.2, -0.15) is 0 Å². The second-order valence-corrected chi connectivity index (χ2v) is 10.5. The van der Waals surface area contributed by atoms with Gasteiger partial charge in [0.05, 0.1) is 21.1 Å². The van der Waals surface area contributed by atoms with E-state index in [0.29, 0.717) is 11.0 Å². The highest BCUT2D eigenvalue weighted by Crippen LogP contribution is 2.43. The molecule has 1 N–H and O–H groups in total. The Balaban J connectivity index is 3.90. The zero-order chi connectivity index (χ0) is 19.1. The van der Waals surface area contributed by atoms with Crippen LogP contribution >= 0.6 is 8.15 Å². The Morgan fingerprint density at radius 3 is 1.72 bits per heavy atom. The normalized spacial score (nSPS) is 14.5. The average molecular weight is 375 g/mol. The van der Waals surface area contributed by atoms with E-state index in [4.69, 9.17) is 0 Å². The molecule has 0 aliphatic heterocycles. The van der Waals surface area contributed by atoms with Crippen LogP contribution in [0.5, 0.6) is 0 Å². The van der Waals surface area contributed by atoms with Crippen molar-refractivity contribution in [2.24, 2.45) is 0 Å². The summed E-state index contributed by atoms with van der Waals surface area (Å²) in [6.45, 7) is 4.86. The minimum atomic E-state index is -1.47. The summed E-state index contributed by atoms with van der Waals surface area (Å²) in [5, 5.41) is 0. The number of quaternary nitrogens is 1. The number of carbonyl (C=O) groups excluding carboxylic acids is 1. The number of unbranched alkanes of at least 4 members (excludes halogenated alkanes) is 9. The fourth-order valence-corrected chi connectivity index (χ4v) is 5.18. The summed E-state index contributed by atoms with van der Waals surface area (Å²) in [4.78, 5) is 22.8. The number of hydrogen-bond donors (Lipinski definition) is 1. The van der Waals surface area contributed by atoms with Gasteiger partial charge in [0.2, 0.25) is 5.52 Å². The smallest absolute Gasteiger partial charge is 0.235 e. The predicted octanol–water partition coefficient (Wildman–Crippen LogP) is 6.09. The molecule has 25 heavy (non-hydrogen) atoms. The maximum atomic E-state index is 12.3. The molecule has 0 radical (unpaired) electrons. The van der Waals surface area contributed by atoms with Crippen LogP contribution in [0.2, 0.25) is 0 Å². The zero-order valence-corrected chi connectivity index (χ0v) is 18.6. The molecule has 0 aromatic heterocycles. The van der Waals surface area contributed by atoms with Crippen LogP contribution in [0.1, 0.15) is 97.3 Å². The lowest BCUT2D eigenvalue weighted by Gasteiger charge is -2.27. The Morgan fingerprint density at radius 1 is 0.800 bits per heavy atom. The molecule has 2 atom stereocenters. The minimum Gasteiger partial charge on any atom is -0.366 e. The molecule has 0 aliphatic rings. The molecule has 0 bridgehead atoms. The van der Waals surface area contributed by atoms with Gasteiger partial charge in [0, 0.05) is 5.66 Å². The fourth-order valence-electron chi connectivity index (χ4n) is 3.27. The van der Waals surface area contributed by atoms with Gasteiger partial charge in [0.1, 0.15) is 14.7 Å². The summed E-state index contributed by atoms with van der Waals surface area (Å²) in [5.74, 6) is 0. The van der Waals surface area contributed by atoms with Crippen LogP contribution in [0, 0.1) is 0 Å². The van der Waals surface area contributed by atoms with Crippen molar-refractivity contribution in [2.75, 3.05) is 27.7 Å². The first-order valence-corrected chi connectivity index (χ1v) is 12.0. The summed E-state index contributed by atoms with van der Waals surface area (Å²) in [6, 6.07) is 0. The zero-order valence-electron chi connectivity index (χ0n) is 17.7. The molecule has 2 unspecified atom stereocenters. The third-order valence-corrected chi connectivity index (χ3v) is 6.58. The molecule has 0 saturated heterocycles. The summed E-state index contributed by atoms with van der Waals surface area (Å²) >= 11 is 0. The molecule has 0 heterocycles. The van der Waals surface area contributed by atoms with Crippen LogP contribution in [-0.2, 0) is 4.79 Å². The van der Waals surface area contributed by atoms with Gasteiger partial charge in [-0.05, 0) is 12.8 Å². The lowest BCUT2D eigenvalue weighted by atomic mass is 10.0. The van der Waals surface area contributed by atoms with E-state index >= 15 is 0 Å². The predicted molar refractivity (Wildman–Crippen MR) is 112 cm³/mol. The Hall–Kier alpha value is 0.0200. The van der Waals surface area contributed by atoms with E-state index in [0.717, 1.165) is 25.7 Å². The Morgan fingerprint density at radius 2 is 1.28 bits per heavy atom. The molecule has 0 fully saturated rings. The Kier molecular flexibility index (Phi) is 15.1. The van der Waals surface area contributed by atoms with Gasteiger partial charge in [0.25, 0.3) is 0 Å². The van der Waals surface area contributed by atoms with Crippen molar-refractivity contribution in [1.82, 2.24) is 0 Å². The molecule has 0 aliphatic carbocycles. The Labute approximate surface area is 159 Å². The van der Waals surface area contributed by atoms with Crippen LogP contribution in [0.3, 0.4) is 0 Å². The van der Waals surface area contributed by atoms with Crippen molar-refractivity contribution in [3.05, 3.63) is 0 Å². The van der Waals surface area contributed by atoms with Gasteiger partial charge in [0.15, 0.2) is 0 Å². The van der Waals surface area contributed by atoms with Crippen molar-refractivity contribution in [1.29, 1.82) is 0 Å². The molecule has 0 aromatic carbocycles. The van der Waals surface area contributed by atoms with Gasteiger partial charge in [-0.25, -0.2) is 0 Å². The highest BCUT2D eigenvalue weighted by Gasteiger charge is 2.29. The number of nitrogens with zero attached hydrogens (tertiary/aromatic N) is 1. The molecule has 0 rings (SSSR count). The second-order valence-electron chi connectivity index (χ2n) is 8.60. The molecule has 0 amide bonds. The largest absolute Gasteiger partial charge is 0.366 e. The highest BCUT2D eigenvalue weighted by atomic mass is 31.1. The van der Waals surface area contributed by atoms with Gasteiger partial charge >= 0.3 is 0 Å². The summed E-state index contributed by atoms with van der Waals surface area (Å²) in [6.07, 6.45) is 16.4. The third kappa shape index (κ3) is 14.8. The van der Waals surface area contributed by atoms with E-state index in [1.165, 1.54) is 57.8 Å². The standard InChI is InChI=1S/C21H45NO2P/c1-6-8-9-10-11-12-13-14-15-16-18-20(17-7-2)25(24)21(23)19-22(3,4)5/h20,24H,6-19H2,1-5H3/q+1. The van der Waals surface area contributed by atoms with E-state index < -0.39 is 8.15 Å². The monoisotopic (exact) mass is 374 g/mol. The molecule has 0 aromatic rings. The number of carbonyl (C=O) groups is 1. The summed E-state index contributed by atoms with van der Waals surface area (Å²) in [7, 11) is 4.57. The molecule has 0 saturated carbocycles. The SMILES string of the molecule is CCCCCCCCCCCCC(CCC)P(O)C(=O)C[N+](C)(C)C. The van der Waals surface area contributed by atoms with E-state index in [-0.39, 0.29) is 11.2 Å². The minimum absolute atomic E-state index is 0.0769. The Bertz CT molecular complexity index is 328. The molecule has 4 heteroatoms. The first kappa shape index (κ1) is 25.0. The first-order valence-electron chi connectivity index (χ1n) is 10.6. The van der Waals surface area contributed by atoms with Gasteiger partial charge in [-0.1, -0.05) is 84.5 Å². The second kappa shape index (κ2) is 15.1. The van der Waals surface area contributed by atoms with E-state index in [9.17, 15) is 9.69 Å². The number of rotatable bonds is 17. The average Bonchev–Trinajstić information content (AvgIpc) is 2.53. The van der Waals surface area contributed by atoms with Crippen LogP contribution < -0.4 is 0 Å². The van der Waals surface area contributed by atoms with Crippen LogP contribution in [0.4, 0.5) is 0 Å². The van der Waals surface area contributed by atoms with Crippen LogP contribution in [0.15, 0.2) is 0 Å². The quantitative estimate of drug-likeness (QED) is 0.190. The van der Waals surface area contributed by atoms with Gasteiger partial charge < -0.3 is 9.38 Å². The van der Waals surface area contributed by atoms with Crippen molar-refractivity contribution in [3.8, 4) is 0 Å². The van der Waals surface area contributed by atoms with Crippen molar-refractivity contribution in [3.63, 3.8) is 0 Å².